The predicted molar refractivity (Wildman–Crippen MR) is 77.3 cm³/mol. The highest BCUT2D eigenvalue weighted by Crippen LogP contribution is 2.20. The van der Waals surface area contributed by atoms with Crippen molar-refractivity contribution in [3.8, 4) is 23.9 Å². The van der Waals surface area contributed by atoms with Crippen LogP contribution in [0.25, 0.3) is 0 Å². The zero-order valence-corrected chi connectivity index (χ0v) is 14.8. The van der Waals surface area contributed by atoms with Gasteiger partial charge >= 0.3 is 17.6 Å². The summed E-state index contributed by atoms with van der Waals surface area (Å²) in [6.07, 6.45) is 10.5. The lowest BCUT2D eigenvalue weighted by molar-refractivity contribution is -0.142. The smallest absolute Gasteiger partial charge is 0.456 e. The van der Waals surface area contributed by atoms with E-state index < -0.39 is 41.5 Å². The van der Waals surface area contributed by atoms with Crippen LogP contribution in [0.5, 0.6) is 0 Å². The molecular weight excluding hydrogens is 344 g/mol. The lowest BCUT2D eigenvalue weighted by Crippen LogP contribution is -2.60. The first-order chi connectivity index (χ1) is 10.5. The quantitative estimate of drug-likeness (QED) is 0.457. The molecule has 0 rings (SSSR count). The van der Waals surface area contributed by atoms with Crippen LogP contribution in [-0.4, -0.2) is 41.5 Å². The number of terminal acetylenes is 2. The van der Waals surface area contributed by atoms with Crippen LogP contribution in [0.3, 0.4) is 0 Å². The van der Waals surface area contributed by atoms with E-state index in [1.807, 2.05) is 11.1 Å². The first-order valence-electron chi connectivity index (χ1n) is 5.94. The molecule has 0 aromatic rings. The summed E-state index contributed by atoms with van der Waals surface area (Å²) >= 11 is 0. The largest absolute Gasteiger partial charge is 0.723 e. The highest BCUT2D eigenvalue weighted by Gasteiger charge is 2.62. The lowest BCUT2D eigenvalue weighted by atomic mass is 10.9. The monoisotopic (exact) mass is 358 g/mol. The van der Waals surface area contributed by atoms with Crippen LogP contribution in [0.1, 0.15) is 27.7 Å². The highest BCUT2D eigenvalue weighted by molar-refractivity contribution is 6.85. The standard InChI is InChI=1S/C12H14O9Si2/c1-7-22(17-9(3)13,18-10(4)14)21-23(8-2,19-11(5)15)20-12(6)16/h1-2H,3-6H3. The van der Waals surface area contributed by atoms with Gasteiger partial charge in [0, 0.05) is 27.7 Å². The maximum absolute atomic E-state index is 11.2. The van der Waals surface area contributed by atoms with Crippen molar-refractivity contribution >= 4 is 41.5 Å². The van der Waals surface area contributed by atoms with Gasteiger partial charge in [0.15, 0.2) is 0 Å². The minimum atomic E-state index is -4.49. The number of rotatable bonds is 6. The van der Waals surface area contributed by atoms with Gasteiger partial charge in [0.25, 0.3) is 23.9 Å². The Labute approximate surface area is 134 Å². The van der Waals surface area contributed by atoms with Crippen molar-refractivity contribution in [1.29, 1.82) is 0 Å². The fraction of sp³-hybridized carbons (Fsp3) is 0.333. The minimum Gasteiger partial charge on any atom is -0.456 e. The van der Waals surface area contributed by atoms with Gasteiger partial charge in [-0.15, -0.1) is 12.8 Å². The van der Waals surface area contributed by atoms with Crippen LogP contribution in [0, 0.1) is 23.9 Å². The van der Waals surface area contributed by atoms with Crippen LogP contribution >= 0.6 is 0 Å². The Morgan fingerprint density at radius 3 is 1.00 bits per heavy atom. The van der Waals surface area contributed by atoms with Crippen LogP contribution in [-0.2, 0) is 41.0 Å². The Morgan fingerprint density at radius 1 is 0.652 bits per heavy atom. The lowest BCUT2D eigenvalue weighted by Gasteiger charge is -2.29. The third-order valence-electron chi connectivity index (χ3n) is 1.73. The summed E-state index contributed by atoms with van der Waals surface area (Å²) in [4.78, 5) is 44.8. The van der Waals surface area contributed by atoms with Gasteiger partial charge in [0.05, 0.1) is 0 Å². The zero-order chi connectivity index (χ0) is 18.3. The molecule has 0 spiro atoms. The van der Waals surface area contributed by atoms with Gasteiger partial charge in [-0.1, -0.05) is 0 Å². The van der Waals surface area contributed by atoms with Crippen LogP contribution in [0.2, 0.25) is 0 Å². The molecule has 0 N–H and O–H groups in total. The molecule has 0 aliphatic carbocycles. The Balaban J connectivity index is 5.92. The topological polar surface area (TPSA) is 114 Å². The zero-order valence-electron chi connectivity index (χ0n) is 12.8. The molecule has 9 nitrogen and oxygen atoms in total. The third-order valence-corrected chi connectivity index (χ3v) is 6.82. The molecule has 0 heterocycles. The van der Waals surface area contributed by atoms with E-state index in [1.54, 1.807) is 0 Å². The normalized spacial score (nSPS) is 10.5. The van der Waals surface area contributed by atoms with Crippen molar-refractivity contribution in [2.24, 2.45) is 0 Å². The van der Waals surface area contributed by atoms with Gasteiger partial charge < -0.3 is 21.8 Å². The van der Waals surface area contributed by atoms with Gasteiger partial charge in [-0.05, 0) is 11.1 Å². The van der Waals surface area contributed by atoms with Gasteiger partial charge in [-0.25, -0.2) is 0 Å². The molecule has 0 atom stereocenters. The maximum atomic E-state index is 11.2. The van der Waals surface area contributed by atoms with Crippen LogP contribution in [0.4, 0.5) is 0 Å². The summed E-state index contributed by atoms with van der Waals surface area (Å²) in [5.41, 5.74) is 3.80. The molecule has 0 unspecified atom stereocenters. The van der Waals surface area contributed by atoms with Crippen molar-refractivity contribution in [2.75, 3.05) is 0 Å². The average molecular weight is 358 g/mol. The van der Waals surface area contributed by atoms with E-state index in [4.69, 9.17) is 34.7 Å². The summed E-state index contributed by atoms with van der Waals surface area (Å²) in [5, 5.41) is 0. The molecule has 0 aromatic carbocycles. The molecule has 23 heavy (non-hydrogen) atoms. The van der Waals surface area contributed by atoms with E-state index in [2.05, 4.69) is 0 Å². The average Bonchev–Trinajstić information content (AvgIpc) is 2.35. The van der Waals surface area contributed by atoms with Gasteiger partial charge in [-0.3, -0.25) is 19.2 Å². The summed E-state index contributed by atoms with van der Waals surface area (Å²) < 4.78 is 24.3. The van der Waals surface area contributed by atoms with E-state index >= 15 is 0 Å². The molecular formula is C12H14O9Si2. The Hall–Kier alpha value is -2.61. The Bertz CT molecular complexity index is 515. The van der Waals surface area contributed by atoms with E-state index in [1.165, 1.54) is 0 Å². The van der Waals surface area contributed by atoms with E-state index in [0.29, 0.717) is 0 Å². The van der Waals surface area contributed by atoms with Crippen molar-refractivity contribution in [3.63, 3.8) is 0 Å². The minimum absolute atomic E-state index is 0.943. The van der Waals surface area contributed by atoms with E-state index in [-0.39, 0.29) is 0 Å². The summed E-state index contributed by atoms with van der Waals surface area (Å²) in [6, 6.07) is 0. The summed E-state index contributed by atoms with van der Waals surface area (Å²) in [7, 11) is -8.98. The van der Waals surface area contributed by atoms with Crippen molar-refractivity contribution < 1.29 is 41.0 Å². The SMILES string of the molecule is C#C[Si](OC(C)=O)(OC(C)=O)O[Si](C#C)(OC(C)=O)OC(C)=O. The summed E-state index contributed by atoms with van der Waals surface area (Å²) in [6.45, 7) is 3.90. The Kier molecular flexibility index (Phi) is 7.22. The number of carbonyl (C=O) groups excluding carboxylic acids is 4. The fourth-order valence-electron chi connectivity index (χ4n) is 1.24. The molecule has 0 bridgehead atoms. The first kappa shape index (κ1) is 20.4. The molecule has 0 amide bonds. The second-order valence-electron chi connectivity index (χ2n) is 3.88. The van der Waals surface area contributed by atoms with Crippen LogP contribution in [0.15, 0.2) is 0 Å². The van der Waals surface area contributed by atoms with Gasteiger partial charge in [0.2, 0.25) is 0 Å². The Morgan fingerprint density at radius 2 is 0.870 bits per heavy atom. The number of hydrogen-bond donors (Lipinski definition) is 0. The molecule has 0 aliphatic rings. The molecule has 0 fully saturated rings. The van der Waals surface area contributed by atoms with Crippen molar-refractivity contribution in [2.45, 2.75) is 27.7 Å². The molecule has 0 saturated heterocycles. The van der Waals surface area contributed by atoms with Crippen molar-refractivity contribution in [1.82, 2.24) is 0 Å². The third kappa shape index (κ3) is 6.79. The fourth-order valence-corrected chi connectivity index (χ4v) is 5.62. The maximum Gasteiger partial charge on any atom is 0.723 e. The molecule has 0 radical (unpaired) electrons. The van der Waals surface area contributed by atoms with Gasteiger partial charge in [0.1, 0.15) is 0 Å². The van der Waals surface area contributed by atoms with E-state index in [9.17, 15) is 19.2 Å². The molecule has 0 saturated carbocycles. The molecule has 0 aliphatic heterocycles. The van der Waals surface area contributed by atoms with Gasteiger partial charge in [-0.2, -0.15) is 0 Å². The molecule has 11 heteroatoms. The molecule has 124 valence electrons. The number of carbonyl (C=O) groups is 4. The predicted octanol–water partition coefficient (Wildman–Crippen LogP) is -0.522. The highest BCUT2D eigenvalue weighted by atomic mass is 28.5. The molecule has 0 aromatic heterocycles. The van der Waals surface area contributed by atoms with Crippen molar-refractivity contribution in [3.05, 3.63) is 0 Å². The first-order valence-corrected chi connectivity index (χ1v) is 9.38. The summed E-state index contributed by atoms with van der Waals surface area (Å²) in [5.74, 6) is -3.77. The van der Waals surface area contributed by atoms with Crippen LogP contribution < -0.4 is 0 Å². The number of hydrogen-bond acceptors (Lipinski definition) is 9. The van der Waals surface area contributed by atoms with E-state index in [0.717, 1.165) is 27.7 Å². The second kappa shape index (κ2) is 8.14. The second-order valence-corrected chi connectivity index (χ2v) is 8.31.